The van der Waals surface area contributed by atoms with Crippen LogP contribution in [0.15, 0.2) is 201 Å². The van der Waals surface area contributed by atoms with Crippen molar-refractivity contribution in [3.8, 4) is 28.7 Å². The lowest BCUT2D eigenvalue weighted by molar-refractivity contribution is -0.118. The number of fused-ring (bicyclic) bond motifs is 7. The molecule has 1 amide bonds. The molecule has 16 nitrogen and oxygen atoms in total. The molecule has 0 spiro atoms. The van der Waals surface area contributed by atoms with Crippen LogP contribution >= 0.6 is 0 Å². The summed E-state index contributed by atoms with van der Waals surface area (Å²) in [6.07, 6.45) is 14.6. The van der Waals surface area contributed by atoms with Crippen LogP contribution in [-0.2, 0) is 11.2 Å². The van der Waals surface area contributed by atoms with Crippen LogP contribution in [0.4, 0.5) is 0 Å². The van der Waals surface area contributed by atoms with E-state index in [0.717, 1.165) is 75.2 Å². The van der Waals surface area contributed by atoms with Crippen molar-refractivity contribution in [2.45, 2.75) is 34.1 Å². The third kappa shape index (κ3) is 18.1. The van der Waals surface area contributed by atoms with Gasteiger partial charge in [0.15, 0.2) is 0 Å². The van der Waals surface area contributed by atoms with Gasteiger partial charge in [-0.25, -0.2) is 0 Å². The molecule has 0 aliphatic heterocycles. The Morgan fingerprint density at radius 2 is 0.767 bits per heavy atom. The van der Waals surface area contributed by atoms with E-state index in [4.69, 9.17) is 28.8 Å². The molecular weight excluding hydrogens is 1080 g/mol. The molecule has 11 N–H and O–H groups in total. The fraction of sp³-hybridized carbons (Fsp3) is 0.186. The number of aryl methyl sites for hydroxylation is 3. The number of aliphatic hydroxyl groups excluding tert-OH is 1. The number of hydrogen-bond donors (Lipinski definition) is 10. The van der Waals surface area contributed by atoms with E-state index in [1.807, 2.05) is 165 Å². The molecule has 7 aromatic carbocycles. The van der Waals surface area contributed by atoms with Gasteiger partial charge in [-0.2, -0.15) is 0 Å². The molecule has 14 rings (SSSR count). The number of rotatable bonds is 8. The smallest absolute Gasteiger partial charge is 0.216 e. The Bertz CT molecular complexity index is 4070. The van der Waals surface area contributed by atoms with E-state index in [1.165, 1.54) is 79.6 Å². The zero-order valence-electron chi connectivity index (χ0n) is 50.9. The Kier molecular flexibility index (Phi) is 25.4. The normalized spacial score (nSPS) is 10.1. The summed E-state index contributed by atoms with van der Waals surface area (Å²) in [6.45, 7) is 8.45. The second-order valence-corrected chi connectivity index (χ2v) is 19.2. The van der Waals surface area contributed by atoms with Crippen LogP contribution in [0.1, 0.15) is 29.2 Å². The van der Waals surface area contributed by atoms with Crippen LogP contribution in [0.5, 0.6) is 28.7 Å². The van der Waals surface area contributed by atoms with Crippen molar-refractivity contribution in [3.63, 3.8) is 0 Å². The number of nitrogens with two attached hydrogens (primary N) is 1. The van der Waals surface area contributed by atoms with Gasteiger partial charge in [0.2, 0.25) is 5.91 Å². The molecule has 448 valence electrons. The summed E-state index contributed by atoms with van der Waals surface area (Å²) in [5.41, 5.74) is 17.6. The number of carbonyl (C=O) groups is 1. The Labute approximate surface area is 502 Å². The summed E-state index contributed by atoms with van der Waals surface area (Å²) < 4.78 is 25.6. The summed E-state index contributed by atoms with van der Waals surface area (Å²) in [4.78, 5) is 32.9. The average Bonchev–Trinajstić information content (AvgIpc) is 4.19. The van der Waals surface area contributed by atoms with Gasteiger partial charge in [0.25, 0.3) is 0 Å². The SMILES string of the molecule is CN.CO.COc1ccc2[nH]cc(C)c2c1.COc1ccc2[nH]cc(C)c2c1.COc1ccc2[nH]cc(CCNC(C)=O)c2c1.COc1ccc2[nH]ccc2c1.COc1ccc2cc[nH]c2c1.Cc1c[nH]c2ccccc12.c1ccc2[nH]ccc2c1. The number of aromatic amines is 7. The third-order valence-electron chi connectivity index (χ3n) is 13.7. The van der Waals surface area contributed by atoms with Crippen molar-refractivity contribution in [3.05, 3.63) is 223 Å². The minimum Gasteiger partial charge on any atom is -0.497 e. The fourth-order valence-electron chi connectivity index (χ4n) is 9.12. The maximum atomic E-state index is 10.8. The molecule has 0 saturated carbocycles. The number of para-hydroxylation sites is 2. The number of aliphatic hydroxyl groups is 1. The first-order chi connectivity index (χ1) is 42.0. The van der Waals surface area contributed by atoms with E-state index in [9.17, 15) is 4.79 Å². The molecule has 14 aromatic rings. The maximum absolute atomic E-state index is 10.8. The first-order valence-electron chi connectivity index (χ1n) is 27.9. The van der Waals surface area contributed by atoms with E-state index in [0.29, 0.717) is 6.54 Å². The molecule has 0 atom stereocenters. The number of carbonyl (C=O) groups excluding carboxylic acids is 1. The second kappa shape index (κ2) is 33.7. The number of methoxy groups -OCH3 is 5. The molecule has 0 aliphatic rings. The van der Waals surface area contributed by atoms with Crippen LogP contribution in [0.2, 0.25) is 0 Å². The quantitative estimate of drug-likeness (QED) is 0.0701. The molecule has 86 heavy (non-hydrogen) atoms. The maximum Gasteiger partial charge on any atom is 0.216 e. The van der Waals surface area contributed by atoms with Gasteiger partial charge in [0.05, 0.1) is 35.5 Å². The predicted octanol–water partition coefficient (Wildman–Crippen LogP) is 15.0. The van der Waals surface area contributed by atoms with Gasteiger partial charge >= 0.3 is 0 Å². The molecule has 0 fully saturated rings. The van der Waals surface area contributed by atoms with Crippen molar-refractivity contribution >= 4 is 82.2 Å². The zero-order valence-corrected chi connectivity index (χ0v) is 50.9. The summed E-state index contributed by atoms with van der Waals surface area (Å²) in [7, 11) is 10.9. The highest BCUT2D eigenvalue weighted by Crippen LogP contribution is 2.26. The van der Waals surface area contributed by atoms with Crippen LogP contribution in [0.25, 0.3) is 76.3 Å². The molecule has 0 radical (unpaired) electrons. The molecule has 0 saturated heterocycles. The van der Waals surface area contributed by atoms with Crippen molar-refractivity contribution in [1.29, 1.82) is 0 Å². The molecule has 0 unspecified atom stereocenters. The number of nitrogens with one attached hydrogen (secondary N) is 8. The highest BCUT2D eigenvalue weighted by molar-refractivity contribution is 5.87. The lowest BCUT2D eigenvalue weighted by atomic mass is 10.1. The van der Waals surface area contributed by atoms with Crippen LogP contribution in [-0.4, -0.2) is 102 Å². The van der Waals surface area contributed by atoms with Gasteiger partial charge < -0.3 is 74.7 Å². The lowest BCUT2D eigenvalue weighted by Gasteiger charge is -2.03. The van der Waals surface area contributed by atoms with Crippen molar-refractivity contribution < 1.29 is 33.6 Å². The Balaban J connectivity index is 0.000000160. The first-order valence-corrected chi connectivity index (χ1v) is 27.9. The summed E-state index contributed by atoms with van der Waals surface area (Å²) in [6, 6.07) is 52.6. The van der Waals surface area contributed by atoms with Crippen LogP contribution in [0, 0.1) is 20.8 Å². The number of benzene rings is 7. The Morgan fingerprint density at radius 3 is 1.28 bits per heavy atom. The van der Waals surface area contributed by atoms with E-state index >= 15 is 0 Å². The monoisotopic (exact) mass is 1160 g/mol. The Morgan fingerprint density at radius 1 is 0.395 bits per heavy atom. The van der Waals surface area contributed by atoms with E-state index in [-0.39, 0.29) is 5.91 Å². The topological polar surface area (TPSA) is 232 Å². The number of amides is 1. The zero-order chi connectivity index (χ0) is 61.8. The molecule has 16 heteroatoms. The van der Waals surface area contributed by atoms with E-state index < -0.39 is 0 Å². The molecule has 0 aliphatic carbocycles. The van der Waals surface area contributed by atoms with Crippen LogP contribution < -0.4 is 34.7 Å². The average molecular weight is 1160 g/mol. The van der Waals surface area contributed by atoms with Gasteiger partial charge in [0, 0.05) is 136 Å². The lowest BCUT2D eigenvalue weighted by Crippen LogP contribution is -2.22. The van der Waals surface area contributed by atoms with Crippen molar-refractivity contribution in [1.82, 2.24) is 40.2 Å². The molecular formula is C70H81N9O7. The molecule has 7 aromatic heterocycles. The van der Waals surface area contributed by atoms with Gasteiger partial charge in [0.1, 0.15) is 28.7 Å². The first kappa shape index (κ1) is 64.9. The largest absolute Gasteiger partial charge is 0.497 e. The minimum absolute atomic E-state index is 0.00224. The number of H-pyrrole nitrogens is 7. The highest BCUT2D eigenvalue weighted by Gasteiger charge is 2.06. The minimum atomic E-state index is 0.00224. The Hall–Kier alpha value is -10.3. The second-order valence-electron chi connectivity index (χ2n) is 19.2. The van der Waals surface area contributed by atoms with Crippen molar-refractivity contribution in [2.75, 3.05) is 56.3 Å². The van der Waals surface area contributed by atoms with Gasteiger partial charge in [-0.3, -0.25) is 4.79 Å². The van der Waals surface area contributed by atoms with Crippen molar-refractivity contribution in [2.24, 2.45) is 5.73 Å². The summed E-state index contributed by atoms with van der Waals surface area (Å²) >= 11 is 0. The van der Waals surface area contributed by atoms with Gasteiger partial charge in [-0.1, -0.05) is 36.4 Å². The highest BCUT2D eigenvalue weighted by atomic mass is 16.5. The van der Waals surface area contributed by atoms with Crippen LogP contribution in [0.3, 0.4) is 0 Å². The van der Waals surface area contributed by atoms with E-state index in [2.05, 4.69) is 103 Å². The summed E-state index contributed by atoms with van der Waals surface area (Å²) in [5, 5.41) is 18.4. The molecule has 7 heterocycles. The standard InChI is InChI=1S/C13H16N2O2.2C10H11NO.2C9H9NO.C9H9N.C8H7N.CH5N.CH4O/c1-9(16)14-6-5-10-8-15-13-4-3-11(17-2)7-12(10)13;2*1-7-6-11-10-4-3-8(12-2)5-9(7)10;1-11-8-2-3-9-7(6-8)4-5-10-9;1-11-8-3-2-7-4-5-10-9(7)6-8;1-7-6-10-9-5-3-2-4-8(7)9;1-2-4-8-7(3-1)5-6-9-8;2*1-2/h3-4,7-8,15H,5-6H2,1-2H3,(H,14,16);2*3-6,11H,1-2H3;2*2-6,10H,1H3;2-6,10H,1H3;1-6,9H;2H2,1H3;2H,1H3. The third-order valence-corrected chi connectivity index (χ3v) is 13.7. The number of hydrogen-bond acceptors (Lipinski definition) is 8. The number of ether oxygens (including phenoxy) is 5. The van der Waals surface area contributed by atoms with Gasteiger partial charge in [-0.05, 0) is 183 Å². The fourth-order valence-corrected chi connectivity index (χ4v) is 9.12. The molecule has 0 bridgehead atoms. The predicted molar refractivity (Wildman–Crippen MR) is 356 cm³/mol. The number of aromatic nitrogens is 7. The van der Waals surface area contributed by atoms with Gasteiger partial charge in [-0.15, -0.1) is 0 Å². The van der Waals surface area contributed by atoms with E-state index in [1.54, 1.807) is 35.5 Å². The summed E-state index contributed by atoms with van der Waals surface area (Å²) in [5.74, 6) is 4.45.